The number of likely N-dealkylation sites (tertiary alicyclic amines) is 1. The molecule has 1 fully saturated rings. The molecule has 0 bridgehead atoms. The van der Waals surface area contributed by atoms with Gasteiger partial charge in [-0.15, -0.1) is 0 Å². The summed E-state index contributed by atoms with van der Waals surface area (Å²) in [7, 11) is 0. The molecule has 38 heavy (non-hydrogen) atoms. The van der Waals surface area contributed by atoms with Gasteiger partial charge >= 0.3 is 0 Å². The molecule has 200 valence electrons. The van der Waals surface area contributed by atoms with E-state index in [4.69, 9.17) is 0 Å². The first-order valence-electron chi connectivity index (χ1n) is 14.0. The van der Waals surface area contributed by atoms with E-state index in [-0.39, 0.29) is 17.7 Å². The molecular formula is C33H41N3O2. The average molecular weight is 512 g/mol. The van der Waals surface area contributed by atoms with E-state index in [1.807, 2.05) is 72.8 Å². The molecule has 0 spiro atoms. The molecule has 0 aromatic heterocycles. The van der Waals surface area contributed by atoms with Crippen LogP contribution in [-0.2, 0) is 9.59 Å². The molecule has 5 nitrogen and oxygen atoms in total. The number of hydrogen-bond donors (Lipinski definition) is 2. The molecule has 0 atom stereocenters. The first-order chi connectivity index (χ1) is 18.5. The summed E-state index contributed by atoms with van der Waals surface area (Å²) in [5, 5.41) is 6.24. The molecule has 1 aliphatic rings. The standard InChI is InChI=1S/C33H41N3O2/c1-25(2)23-31(37)35-30-16-9-15-29(24-30)26-17-21-36(22-18-26)20-10-19-34-33(38)32(27-11-5-3-6-12-27)28-13-7-4-8-14-28/h3-9,11-16,24-26,32H,10,17-23H2,1-2H3,(H,34,38)(H,35,37). The predicted molar refractivity (Wildman–Crippen MR) is 155 cm³/mol. The van der Waals surface area contributed by atoms with Gasteiger partial charge in [0.15, 0.2) is 0 Å². The lowest BCUT2D eigenvalue weighted by Crippen LogP contribution is -2.36. The van der Waals surface area contributed by atoms with Gasteiger partial charge in [-0.2, -0.15) is 0 Å². The number of amides is 2. The largest absolute Gasteiger partial charge is 0.355 e. The minimum Gasteiger partial charge on any atom is -0.355 e. The number of nitrogens with zero attached hydrogens (tertiary/aromatic N) is 1. The van der Waals surface area contributed by atoms with Crippen molar-refractivity contribution in [2.45, 2.75) is 51.4 Å². The van der Waals surface area contributed by atoms with E-state index in [1.54, 1.807) is 0 Å². The summed E-state index contributed by atoms with van der Waals surface area (Å²) in [5.74, 6) is 0.717. The zero-order valence-electron chi connectivity index (χ0n) is 22.7. The molecule has 0 unspecified atom stereocenters. The van der Waals surface area contributed by atoms with Gasteiger partial charge in [0.25, 0.3) is 0 Å². The zero-order valence-corrected chi connectivity index (χ0v) is 22.7. The molecule has 5 heteroatoms. The van der Waals surface area contributed by atoms with Gasteiger partial charge in [0.2, 0.25) is 11.8 Å². The molecule has 0 radical (unpaired) electrons. The first-order valence-corrected chi connectivity index (χ1v) is 14.0. The highest BCUT2D eigenvalue weighted by atomic mass is 16.2. The Balaban J connectivity index is 1.22. The molecule has 3 aromatic rings. The summed E-state index contributed by atoms with van der Waals surface area (Å²) in [6, 6.07) is 28.4. The van der Waals surface area contributed by atoms with Crippen LogP contribution in [0.2, 0.25) is 0 Å². The normalized spacial score (nSPS) is 14.5. The second-order valence-corrected chi connectivity index (χ2v) is 10.8. The van der Waals surface area contributed by atoms with Crippen molar-refractivity contribution in [3.63, 3.8) is 0 Å². The third-order valence-electron chi connectivity index (χ3n) is 7.30. The van der Waals surface area contributed by atoms with Crippen molar-refractivity contribution in [1.82, 2.24) is 10.2 Å². The molecule has 2 N–H and O–H groups in total. The third kappa shape index (κ3) is 8.03. The van der Waals surface area contributed by atoms with Crippen molar-refractivity contribution >= 4 is 17.5 Å². The maximum absolute atomic E-state index is 13.2. The van der Waals surface area contributed by atoms with E-state index >= 15 is 0 Å². The van der Waals surface area contributed by atoms with Crippen LogP contribution in [0.1, 0.15) is 68.1 Å². The maximum atomic E-state index is 13.2. The molecule has 1 heterocycles. The summed E-state index contributed by atoms with van der Waals surface area (Å²) < 4.78 is 0. The first kappa shape index (κ1) is 27.6. The quantitative estimate of drug-likeness (QED) is 0.302. The van der Waals surface area contributed by atoms with Crippen LogP contribution in [0.4, 0.5) is 5.69 Å². The Morgan fingerprint density at radius 1 is 0.868 bits per heavy atom. The topological polar surface area (TPSA) is 61.4 Å². The van der Waals surface area contributed by atoms with E-state index in [2.05, 4.69) is 41.5 Å². The second kappa shape index (κ2) is 13.9. The van der Waals surface area contributed by atoms with Crippen molar-refractivity contribution in [3.05, 3.63) is 102 Å². The number of rotatable bonds is 11. The Labute approximate surface area is 227 Å². The van der Waals surface area contributed by atoms with Gasteiger partial charge in [-0.05, 0) is 79.6 Å². The molecule has 0 aliphatic carbocycles. The van der Waals surface area contributed by atoms with Crippen LogP contribution in [-0.4, -0.2) is 42.9 Å². The smallest absolute Gasteiger partial charge is 0.232 e. The number of anilines is 1. The minimum atomic E-state index is -0.293. The zero-order chi connectivity index (χ0) is 26.7. The van der Waals surface area contributed by atoms with Crippen LogP contribution in [0.15, 0.2) is 84.9 Å². The van der Waals surface area contributed by atoms with Crippen LogP contribution in [0.25, 0.3) is 0 Å². The van der Waals surface area contributed by atoms with Gasteiger partial charge in [-0.3, -0.25) is 9.59 Å². The monoisotopic (exact) mass is 511 g/mol. The van der Waals surface area contributed by atoms with E-state index < -0.39 is 0 Å². The van der Waals surface area contributed by atoms with Gasteiger partial charge in [0.1, 0.15) is 0 Å². The molecule has 1 aliphatic heterocycles. The van der Waals surface area contributed by atoms with Crippen molar-refractivity contribution in [2.24, 2.45) is 5.92 Å². The highest BCUT2D eigenvalue weighted by Crippen LogP contribution is 2.30. The summed E-state index contributed by atoms with van der Waals surface area (Å²) in [6.45, 7) is 7.89. The van der Waals surface area contributed by atoms with Gasteiger partial charge in [0, 0.05) is 18.7 Å². The van der Waals surface area contributed by atoms with Gasteiger partial charge in [-0.1, -0.05) is 86.6 Å². The number of carbonyl (C=O) groups excluding carboxylic acids is 2. The molecule has 1 saturated heterocycles. The van der Waals surface area contributed by atoms with Gasteiger partial charge < -0.3 is 15.5 Å². The predicted octanol–water partition coefficient (Wildman–Crippen LogP) is 6.19. The fourth-order valence-corrected chi connectivity index (χ4v) is 5.35. The van der Waals surface area contributed by atoms with E-state index in [0.29, 0.717) is 24.8 Å². The average Bonchev–Trinajstić information content (AvgIpc) is 2.92. The van der Waals surface area contributed by atoms with E-state index in [9.17, 15) is 9.59 Å². The van der Waals surface area contributed by atoms with Crippen LogP contribution in [0.5, 0.6) is 0 Å². The van der Waals surface area contributed by atoms with Crippen LogP contribution >= 0.6 is 0 Å². The van der Waals surface area contributed by atoms with Crippen molar-refractivity contribution < 1.29 is 9.59 Å². The number of piperidine rings is 1. The van der Waals surface area contributed by atoms with Crippen molar-refractivity contribution in [3.8, 4) is 0 Å². The number of carbonyl (C=O) groups is 2. The fourth-order valence-electron chi connectivity index (χ4n) is 5.35. The Morgan fingerprint density at radius 3 is 2.11 bits per heavy atom. The molecule has 2 amide bonds. The second-order valence-electron chi connectivity index (χ2n) is 10.8. The van der Waals surface area contributed by atoms with Gasteiger partial charge in [-0.25, -0.2) is 0 Å². The molecular weight excluding hydrogens is 470 g/mol. The fraction of sp³-hybridized carbons (Fsp3) is 0.394. The van der Waals surface area contributed by atoms with E-state index in [1.165, 1.54) is 5.56 Å². The summed E-state index contributed by atoms with van der Waals surface area (Å²) in [6.07, 6.45) is 3.70. The summed E-state index contributed by atoms with van der Waals surface area (Å²) in [4.78, 5) is 27.9. The Hall–Kier alpha value is -3.44. The lowest BCUT2D eigenvalue weighted by Gasteiger charge is -2.32. The summed E-state index contributed by atoms with van der Waals surface area (Å²) in [5.41, 5.74) is 4.24. The van der Waals surface area contributed by atoms with E-state index in [0.717, 1.165) is 55.7 Å². The maximum Gasteiger partial charge on any atom is 0.232 e. The Bertz CT molecular complexity index is 1120. The third-order valence-corrected chi connectivity index (χ3v) is 7.30. The lowest BCUT2D eigenvalue weighted by molar-refractivity contribution is -0.121. The van der Waals surface area contributed by atoms with Crippen LogP contribution < -0.4 is 10.6 Å². The molecule has 4 rings (SSSR count). The van der Waals surface area contributed by atoms with Crippen molar-refractivity contribution in [1.29, 1.82) is 0 Å². The Morgan fingerprint density at radius 2 is 1.50 bits per heavy atom. The van der Waals surface area contributed by atoms with Crippen LogP contribution in [0.3, 0.4) is 0 Å². The van der Waals surface area contributed by atoms with Crippen LogP contribution in [0, 0.1) is 5.92 Å². The lowest BCUT2D eigenvalue weighted by atomic mass is 9.89. The Kier molecular flexibility index (Phi) is 10.1. The number of benzene rings is 3. The van der Waals surface area contributed by atoms with Crippen molar-refractivity contribution in [2.75, 3.05) is 31.5 Å². The highest BCUT2D eigenvalue weighted by Gasteiger charge is 2.23. The number of hydrogen-bond acceptors (Lipinski definition) is 3. The summed E-state index contributed by atoms with van der Waals surface area (Å²) >= 11 is 0. The highest BCUT2D eigenvalue weighted by molar-refractivity contribution is 5.91. The van der Waals surface area contributed by atoms with Gasteiger partial charge in [0.05, 0.1) is 5.92 Å². The SMILES string of the molecule is CC(C)CC(=O)Nc1cccc(C2CCN(CCCNC(=O)C(c3ccccc3)c3ccccc3)CC2)c1. The molecule has 0 saturated carbocycles. The molecule has 3 aromatic carbocycles. The number of nitrogens with one attached hydrogen (secondary N) is 2. The minimum absolute atomic E-state index is 0.0569.